The minimum Gasteiger partial charge on any atom is -0.276 e. The molecule has 4 nitrogen and oxygen atoms in total. The summed E-state index contributed by atoms with van der Waals surface area (Å²) < 4.78 is 39.3. The number of halogens is 3. The van der Waals surface area contributed by atoms with Crippen molar-refractivity contribution in [3.05, 3.63) is 39.8 Å². The average Bonchev–Trinajstić information content (AvgIpc) is 2.77. The third-order valence-corrected chi connectivity index (χ3v) is 3.83. The van der Waals surface area contributed by atoms with Crippen LogP contribution in [0.4, 0.5) is 13.2 Å². The molecule has 0 aliphatic carbocycles. The first-order valence-corrected chi connectivity index (χ1v) is 7.62. The average molecular weight is 343 g/mol. The summed E-state index contributed by atoms with van der Waals surface area (Å²) in [6.07, 6.45) is -1.98. The molecule has 0 aromatic carbocycles. The molecule has 2 aromatic rings. The summed E-state index contributed by atoms with van der Waals surface area (Å²) in [7, 11) is 0. The van der Waals surface area contributed by atoms with Gasteiger partial charge in [0.15, 0.2) is 4.80 Å². The van der Waals surface area contributed by atoms with Crippen molar-refractivity contribution in [3.63, 3.8) is 0 Å². The van der Waals surface area contributed by atoms with Gasteiger partial charge in [0.25, 0.3) is 5.91 Å². The summed E-state index contributed by atoms with van der Waals surface area (Å²) in [6.45, 7) is 7.08. The molecule has 0 radical (unpaired) electrons. The number of nitrogens with zero attached hydrogens (tertiary/aromatic N) is 3. The summed E-state index contributed by atoms with van der Waals surface area (Å²) in [5.74, 6) is -0.0252. The zero-order valence-corrected chi connectivity index (χ0v) is 13.9. The van der Waals surface area contributed by atoms with Crippen molar-refractivity contribution in [1.82, 2.24) is 9.55 Å². The molecule has 0 bridgehead atoms. The zero-order valence-electron chi connectivity index (χ0n) is 13.1. The van der Waals surface area contributed by atoms with E-state index in [4.69, 9.17) is 0 Å². The molecule has 0 spiro atoms. The monoisotopic (exact) mass is 343 g/mol. The number of amides is 1. The Balaban J connectivity index is 2.49. The Labute approximate surface area is 135 Å². The molecule has 2 rings (SSSR count). The Morgan fingerprint density at radius 1 is 1.26 bits per heavy atom. The summed E-state index contributed by atoms with van der Waals surface area (Å²) in [5.41, 5.74) is -1.46. The molecular formula is C15H16F3N3OS. The van der Waals surface area contributed by atoms with Gasteiger partial charge < -0.3 is 0 Å². The van der Waals surface area contributed by atoms with Crippen LogP contribution in [-0.4, -0.2) is 15.5 Å². The van der Waals surface area contributed by atoms with Gasteiger partial charge >= 0.3 is 6.18 Å². The van der Waals surface area contributed by atoms with Crippen molar-refractivity contribution < 1.29 is 18.0 Å². The number of aryl methyl sites for hydroxylation is 1. The second-order valence-electron chi connectivity index (χ2n) is 6.06. The first kappa shape index (κ1) is 17.4. The molecule has 124 valence electrons. The summed E-state index contributed by atoms with van der Waals surface area (Å²) in [4.78, 5) is 21.2. The lowest BCUT2D eigenvalue weighted by molar-refractivity contribution is -0.137. The van der Waals surface area contributed by atoms with E-state index in [0.29, 0.717) is 4.80 Å². The highest BCUT2D eigenvalue weighted by molar-refractivity contribution is 7.09. The van der Waals surface area contributed by atoms with Crippen LogP contribution in [0.25, 0.3) is 5.82 Å². The van der Waals surface area contributed by atoms with Gasteiger partial charge in [-0.05, 0) is 19.1 Å². The molecule has 8 heteroatoms. The van der Waals surface area contributed by atoms with E-state index in [1.54, 1.807) is 27.0 Å². The van der Waals surface area contributed by atoms with Crippen molar-refractivity contribution in [2.24, 2.45) is 10.4 Å². The Morgan fingerprint density at radius 3 is 2.39 bits per heavy atom. The van der Waals surface area contributed by atoms with Crippen molar-refractivity contribution >= 4 is 17.2 Å². The second kappa shape index (κ2) is 5.92. The number of hydrogen-bond donors (Lipinski definition) is 0. The Morgan fingerprint density at radius 2 is 1.91 bits per heavy atom. The van der Waals surface area contributed by atoms with Crippen LogP contribution in [0.15, 0.2) is 29.5 Å². The first-order valence-electron chi connectivity index (χ1n) is 6.80. The van der Waals surface area contributed by atoms with Gasteiger partial charge in [-0.25, -0.2) is 4.98 Å². The minimum absolute atomic E-state index is 0.280. The van der Waals surface area contributed by atoms with E-state index >= 15 is 0 Å². The third kappa shape index (κ3) is 4.07. The standard InChI is InChI=1S/C15H16F3N3OS/c1-9-8-21(13(23-9)20-12(22)14(2,3)4)11-6-5-10(7-19-11)15(16,17)18/h5-8H,1-4H3. The molecule has 0 unspecified atom stereocenters. The molecule has 1 amide bonds. The van der Waals surface area contributed by atoms with E-state index in [0.717, 1.165) is 17.1 Å². The molecule has 2 aromatic heterocycles. The highest BCUT2D eigenvalue weighted by Gasteiger charge is 2.30. The summed E-state index contributed by atoms with van der Waals surface area (Å²) in [6, 6.07) is 2.22. The van der Waals surface area contributed by atoms with Gasteiger partial charge in [0, 0.05) is 22.7 Å². The Hall–Kier alpha value is -1.96. The maximum absolute atomic E-state index is 12.6. The lowest BCUT2D eigenvalue weighted by atomic mass is 9.96. The molecule has 23 heavy (non-hydrogen) atoms. The van der Waals surface area contributed by atoms with E-state index in [1.807, 2.05) is 6.92 Å². The van der Waals surface area contributed by atoms with Crippen molar-refractivity contribution in [1.29, 1.82) is 0 Å². The van der Waals surface area contributed by atoms with E-state index in [-0.39, 0.29) is 11.7 Å². The molecule has 0 atom stereocenters. The van der Waals surface area contributed by atoms with Gasteiger partial charge in [0.05, 0.1) is 5.56 Å². The molecule has 0 aliphatic heterocycles. The molecule has 0 N–H and O–H groups in total. The fraction of sp³-hybridized carbons (Fsp3) is 0.400. The number of hydrogen-bond acceptors (Lipinski definition) is 3. The maximum Gasteiger partial charge on any atom is 0.417 e. The van der Waals surface area contributed by atoms with Crippen molar-refractivity contribution in [2.45, 2.75) is 33.9 Å². The zero-order chi connectivity index (χ0) is 17.4. The number of carbonyl (C=O) groups is 1. The van der Waals surface area contributed by atoms with Gasteiger partial charge in [-0.15, -0.1) is 11.3 Å². The van der Waals surface area contributed by atoms with Gasteiger partial charge in [-0.3, -0.25) is 9.36 Å². The minimum atomic E-state index is -4.43. The molecule has 0 aliphatic rings. The quantitative estimate of drug-likeness (QED) is 0.792. The van der Waals surface area contributed by atoms with Gasteiger partial charge in [-0.2, -0.15) is 18.2 Å². The topological polar surface area (TPSA) is 47.2 Å². The van der Waals surface area contributed by atoms with Crippen molar-refractivity contribution in [3.8, 4) is 5.82 Å². The highest BCUT2D eigenvalue weighted by Crippen LogP contribution is 2.28. The smallest absolute Gasteiger partial charge is 0.276 e. The second-order valence-corrected chi connectivity index (χ2v) is 7.28. The fourth-order valence-corrected chi connectivity index (χ4v) is 2.47. The van der Waals surface area contributed by atoms with Crippen LogP contribution in [0.2, 0.25) is 0 Å². The lowest BCUT2D eigenvalue weighted by Crippen LogP contribution is -2.23. The molecule has 2 heterocycles. The van der Waals surface area contributed by atoms with Gasteiger partial charge in [0.2, 0.25) is 0 Å². The van der Waals surface area contributed by atoms with Crippen LogP contribution in [-0.2, 0) is 11.0 Å². The van der Waals surface area contributed by atoms with Gasteiger partial charge in [0.1, 0.15) is 5.82 Å². The lowest BCUT2D eigenvalue weighted by Gasteiger charge is -2.12. The molecule has 0 saturated carbocycles. The molecule has 0 fully saturated rings. The largest absolute Gasteiger partial charge is 0.417 e. The SMILES string of the molecule is Cc1cn(-c2ccc(C(F)(F)F)cn2)c(=NC(=O)C(C)(C)C)s1. The van der Waals surface area contributed by atoms with Crippen LogP contribution in [0, 0.1) is 12.3 Å². The van der Waals surface area contributed by atoms with Crippen LogP contribution in [0.1, 0.15) is 31.2 Å². The van der Waals surface area contributed by atoms with E-state index in [9.17, 15) is 18.0 Å². The number of carbonyl (C=O) groups excluding carboxylic acids is 1. The Bertz CT molecular complexity index is 780. The van der Waals surface area contributed by atoms with Crippen LogP contribution >= 0.6 is 11.3 Å². The predicted octanol–water partition coefficient (Wildman–Crippen LogP) is 3.73. The number of pyridine rings is 1. The molecular weight excluding hydrogens is 327 g/mol. The summed E-state index contributed by atoms with van der Waals surface area (Å²) in [5, 5.41) is 0. The predicted molar refractivity (Wildman–Crippen MR) is 81.2 cm³/mol. The number of alkyl halides is 3. The number of rotatable bonds is 1. The fourth-order valence-electron chi connectivity index (χ4n) is 1.65. The van der Waals surface area contributed by atoms with Gasteiger partial charge in [-0.1, -0.05) is 20.8 Å². The molecule has 0 saturated heterocycles. The highest BCUT2D eigenvalue weighted by atomic mass is 32.1. The van der Waals surface area contributed by atoms with E-state index < -0.39 is 17.2 Å². The first-order chi connectivity index (χ1) is 10.5. The maximum atomic E-state index is 12.6. The normalized spacial score (nSPS) is 13.4. The van der Waals surface area contributed by atoms with E-state index in [1.165, 1.54) is 22.0 Å². The third-order valence-electron chi connectivity index (χ3n) is 2.93. The van der Waals surface area contributed by atoms with Crippen LogP contribution in [0.5, 0.6) is 0 Å². The Kier molecular flexibility index (Phi) is 4.48. The number of aromatic nitrogens is 2. The van der Waals surface area contributed by atoms with Crippen molar-refractivity contribution in [2.75, 3.05) is 0 Å². The summed E-state index contributed by atoms with van der Waals surface area (Å²) >= 11 is 1.28. The van der Waals surface area contributed by atoms with Crippen LogP contribution in [0.3, 0.4) is 0 Å². The van der Waals surface area contributed by atoms with E-state index in [2.05, 4.69) is 9.98 Å². The number of thiazole rings is 1. The van der Waals surface area contributed by atoms with Crippen LogP contribution < -0.4 is 4.80 Å².